The van der Waals surface area contributed by atoms with Gasteiger partial charge < -0.3 is 5.11 Å². The van der Waals surface area contributed by atoms with E-state index < -0.39 is 16.0 Å². The number of aromatic amines is 1. The van der Waals surface area contributed by atoms with Gasteiger partial charge in [0.2, 0.25) is 0 Å². The van der Waals surface area contributed by atoms with E-state index in [1.807, 2.05) is 0 Å². The van der Waals surface area contributed by atoms with E-state index in [1.165, 1.54) is 24.4 Å². The molecule has 0 radical (unpaired) electrons. The van der Waals surface area contributed by atoms with Crippen molar-refractivity contribution in [1.82, 2.24) is 10.2 Å². The van der Waals surface area contributed by atoms with Crippen LogP contribution in [0.5, 0.6) is 0 Å². The molecule has 0 bridgehead atoms. The van der Waals surface area contributed by atoms with Crippen LogP contribution in [0.1, 0.15) is 16.1 Å². The number of carbonyl (C=O) groups is 1. The van der Waals surface area contributed by atoms with E-state index in [2.05, 4.69) is 30.8 Å². The number of nitrogens with one attached hydrogen (secondary N) is 2. The molecule has 7 nitrogen and oxygen atoms in total. The van der Waals surface area contributed by atoms with Crippen LogP contribution >= 0.6 is 15.9 Å². The highest BCUT2D eigenvalue weighted by Gasteiger charge is 2.20. The first-order valence-corrected chi connectivity index (χ1v) is 7.64. The number of aryl methyl sites for hydroxylation is 1. The van der Waals surface area contributed by atoms with Crippen LogP contribution in [0.15, 0.2) is 33.8 Å². The zero-order valence-electron chi connectivity index (χ0n) is 10.2. The molecule has 0 aliphatic carbocycles. The number of carboxylic acids is 1. The van der Waals surface area contributed by atoms with Crippen LogP contribution in [0.4, 0.5) is 5.69 Å². The van der Waals surface area contributed by atoms with E-state index in [1.54, 1.807) is 6.92 Å². The summed E-state index contributed by atoms with van der Waals surface area (Å²) in [4.78, 5) is 10.9. The monoisotopic (exact) mass is 359 g/mol. The number of aromatic nitrogens is 2. The molecule has 0 saturated heterocycles. The number of hydrogen-bond acceptors (Lipinski definition) is 4. The summed E-state index contributed by atoms with van der Waals surface area (Å²) in [5, 5.41) is 15.1. The average molecular weight is 360 g/mol. The number of carboxylic acid groups (broad SMARTS) is 1. The Balaban J connectivity index is 2.42. The van der Waals surface area contributed by atoms with Gasteiger partial charge in [-0.05, 0) is 41.1 Å². The summed E-state index contributed by atoms with van der Waals surface area (Å²) >= 11 is 3.17. The summed E-state index contributed by atoms with van der Waals surface area (Å²) in [5.41, 5.74) is 0.517. The first-order chi connectivity index (χ1) is 9.31. The molecule has 9 heteroatoms. The third kappa shape index (κ3) is 2.83. The molecule has 106 valence electrons. The topological polar surface area (TPSA) is 112 Å². The smallest absolute Gasteiger partial charge is 0.335 e. The molecule has 1 aromatic carbocycles. The fourth-order valence-electron chi connectivity index (χ4n) is 1.55. The number of sulfonamides is 1. The molecule has 3 N–H and O–H groups in total. The Morgan fingerprint density at radius 3 is 2.70 bits per heavy atom. The zero-order chi connectivity index (χ0) is 14.9. The van der Waals surface area contributed by atoms with Gasteiger partial charge in [0, 0.05) is 4.47 Å². The van der Waals surface area contributed by atoms with E-state index in [-0.39, 0.29) is 16.1 Å². The molecule has 0 amide bonds. The van der Waals surface area contributed by atoms with Gasteiger partial charge in [-0.25, -0.2) is 13.2 Å². The summed E-state index contributed by atoms with van der Waals surface area (Å²) in [5.74, 6) is -1.14. The van der Waals surface area contributed by atoms with Crippen molar-refractivity contribution in [2.24, 2.45) is 0 Å². The molecule has 20 heavy (non-hydrogen) atoms. The SMILES string of the molecule is Cc1[nH]ncc1S(=O)(=O)Nc1cc(C(=O)O)ccc1Br. The Morgan fingerprint density at radius 2 is 2.15 bits per heavy atom. The largest absolute Gasteiger partial charge is 0.478 e. The van der Waals surface area contributed by atoms with E-state index >= 15 is 0 Å². The van der Waals surface area contributed by atoms with Crippen molar-refractivity contribution >= 4 is 37.6 Å². The molecule has 1 aromatic heterocycles. The van der Waals surface area contributed by atoms with Gasteiger partial charge in [-0.1, -0.05) is 0 Å². The maximum atomic E-state index is 12.2. The first kappa shape index (κ1) is 14.5. The second-order valence-electron chi connectivity index (χ2n) is 3.96. The Morgan fingerprint density at radius 1 is 1.45 bits per heavy atom. The third-order valence-electron chi connectivity index (χ3n) is 2.53. The minimum Gasteiger partial charge on any atom is -0.478 e. The van der Waals surface area contributed by atoms with Gasteiger partial charge in [-0.15, -0.1) is 0 Å². The molecule has 1 heterocycles. The van der Waals surface area contributed by atoms with Crippen LogP contribution in [0.25, 0.3) is 0 Å². The van der Waals surface area contributed by atoms with Gasteiger partial charge >= 0.3 is 5.97 Å². The van der Waals surface area contributed by atoms with Crippen molar-refractivity contribution in [1.29, 1.82) is 0 Å². The van der Waals surface area contributed by atoms with Gasteiger partial charge in [0.05, 0.1) is 23.1 Å². The molecule has 0 spiro atoms. The van der Waals surface area contributed by atoms with Crippen molar-refractivity contribution in [2.75, 3.05) is 4.72 Å². The highest BCUT2D eigenvalue weighted by atomic mass is 79.9. The summed E-state index contributed by atoms with van der Waals surface area (Å²) in [6, 6.07) is 4.07. The number of H-pyrrole nitrogens is 1. The van der Waals surface area contributed by atoms with Crippen molar-refractivity contribution in [2.45, 2.75) is 11.8 Å². The van der Waals surface area contributed by atoms with Gasteiger partial charge in [0.15, 0.2) is 0 Å². The van der Waals surface area contributed by atoms with Gasteiger partial charge in [-0.2, -0.15) is 5.10 Å². The van der Waals surface area contributed by atoms with Crippen LogP contribution in [-0.2, 0) is 10.0 Å². The lowest BCUT2D eigenvalue weighted by atomic mass is 10.2. The number of halogens is 1. The van der Waals surface area contributed by atoms with Crippen LogP contribution in [-0.4, -0.2) is 29.7 Å². The van der Waals surface area contributed by atoms with Crippen LogP contribution < -0.4 is 4.72 Å². The number of nitrogens with zero attached hydrogens (tertiary/aromatic N) is 1. The lowest BCUT2D eigenvalue weighted by Gasteiger charge is -2.09. The molecule has 0 aliphatic rings. The predicted molar refractivity (Wildman–Crippen MR) is 75.2 cm³/mol. The van der Waals surface area contributed by atoms with Crippen molar-refractivity contribution in [3.8, 4) is 0 Å². The number of hydrogen-bond donors (Lipinski definition) is 3. The van der Waals surface area contributed by atoms with Crippen molar-refractivity contribution < 1.29 is 18.3 Å². The summed E-state index contributed by atoms with van der Waals surface area (Å²) in [6.45, 7) is 1.57. The van der Waals surface area contributed by atoms with Crippen molar-refractivity contribution in [3.05, 3.63) is 40.1 Å². The van der Waals surface area contributed by atoms with Gasteiger partial charge in [0.25, 0.3) is 10.0 Å². The van der Waals surface area contributed by atoms with Crippen LogP contribution in [0.2, 0.25) is 0 Å². The minimum atomic E-state index is -3.83. The highest BCUT2D eigenvalue weighted by Crippen LogP contribution is 2.26. The molecule has 0 atom stereocenters. The molecule has 0 fully saturated rings. The summed E-state index contributed by atoms with van der Waals surface area (Å²) < 4.78 is 27.1. The second kappa shape index (κ2) is 5.25. The van der Waals surface area contributed by atoms with E-state index in [0.29, 0.717) is 10.2 Å². The molecule has 0 aliphatic heterocycles. The number of benzene rings is 1. The predicted octanol–water partition coefficient (Wildman–Crippen LogP) is 1.98. The average Bonchev–Trinajstić information content (AvgIpc) is 2.78. The fourth-order valence-corrected chi connectivity index (χ4v) is 3.23. The Hall–Kier alpha value is -1.87. The normalized spacial score (nSPS) is 11.3. The maximum absolute atomic E-state index is 12.2. The van der Waals surface area contributed by atoms with Gasteiger partial charge in [-0.3, -0.25) is 9.82 Å². The lowest BCUT2D eigenvalue weighted by molar-refractivity contribution is 0.0697. The second-order valence-corrected chi connectivity index (χ2v) is 6.47. The first-order valence-electron chi connectivity index (χ1n) is 5.37. The summed E-state index contributed by atoms with van der Waals surface area (Å²) in [6.07, 6.45) is 1.19. The zero-order valence-corrected chi connectivity index (χ0v) is 12.6. The molecular weight excluding hydrogens is 350 g/mol. The van der Waals surface area contributed by atoms with E-state index in [9.17, 15) is 13.2 Å². The molecule has 0 saturated carbocycles. The Labute approximate surface area is 123 Å². The number of aromatic carboxylic acids is 1. The number of anilines is 1. The van der Waals surface area contributed by atoms with E-state index in [0.717, 1.165) is 0 Å². The highest BCUT2D eigenvalue weighted by molar-refractivity contribution is 9.10. The fraction of sp³-hybridized carbons (Fsp3) is 0.0909. The Kier molecular flexibility index (Phi) is 3.82. The quantitative estimate of drug-likeness (QED) is 0.772. The number of rotatable bonds is 4. The molecule has 2 rings (SSSR count). The minimum absolute atomic E-state index is 0.00475. The molecule has 0 unspecified atom stereocenters. The summed E-state index contributed by atoms with van der Waals surface area (Å²) in [7, 11) is -3.83. The lowest BCUT2D eigenvalue weighted by Crippen LogP contribution is -2.14. The van der Waals surface area contributed by atoms with Gasteiger partial charge in [0.1, 0.15) is 4.90 Å². The van der Waals surface area contributed by atoms with Crippen LogP contribution in [0.3, 0.4) is 0 Å². The van der Waals surface area contributed by atoms with E-state index in [4.69, 9.17) is 5.11 Å². The standard InChI is InChI=1S/C11H10BrN3O4S/c1-6-10(5-13-14-6)20(18,19)15-9-4-7(11(16)17)2-3-8(9)12/h2-5,15H,1H3,(H,13,14)(H,16,17). The van der Waals surface area contributed by atoms with Crippen molar-refractivity contribution in [3.63, 3.8) is 0 Å². The Bertz CT molecular complexity index is 770. The maximum Gasteiger partial charge on any atom is 0.335 e. The molecule has 2 aromatic rings. The third-order valence-corrected chi connectivity index (χ3v) is 4.70. The van der Waals surface area contributed by atoms with Crippen LogP contribution in [0, 0.1) is 6.92 Å². The molecular formula is C11H10BrN3O4S.